The summed E-state index contributed by atoms with van der Waals surface area (Å²) in [6, 6.07) is 7.99. The van der Waals surface area contributed by atoms with Gasteiger partial charge in [-0.2, -0.15) is 5.10 Å². The van der Waals surface area contributed by atoms with Crippen LogP contribution in [0.5, 0.6) is 0 Å². The summed E-state index contributed by atoms with van der Waals surface area (Å²) < 4.78 is 13.9. The molecule has 0 fully saturated rings. The second kappa shape index (κ2) is 6.10. The van der Waals surface area contributed by atoms with E-state index in [1.54, 1.807) is 19.1 Å². The Morgan fingerprint density at radius 3 is 2.70 bits per heavy atom. The van der Waals surface area contributed by atoms with E-state index in [4.69, 9.17) is 0 Å². The highest BCUT2D eigenvalue weighted by Crippen LogP contribution is 2.04. The molecule has 0 radical (unpaired) electrons. The van der Waals surface area contributed by atoms with Gasteiger partial charge in [0.25, 0.3) is 5.56 Å². The summed E-state index contributed by atoms with van der Waals surface area (Å²) in [4.78, 5) is 23.5. The molecule has 0 saturated heterocycles. The van der Waals surface area contributed by atoms with Crippen molar-refractivity contribution >= 4 is 5.91 Å². The van der Waals surface area contributed by atoms with Crippen molar-refractivity contribution in [3.63, 3.8) is 0 Å². The van der Waals surface area contributed by atoms with Crippen LogP contribution >= 0.6 is 0 Å². The van der Waals surface area contributed by atoms with Crippen molar-refractivity contribution in [2.45, 2.75) is 19.5 Å². The van der Waals surface area contributed by atoms with Gasteiger partial charge in [0.15, 0.2) is 0 Å². The van der Waals surface area contributed by atoms with Gasteiger partial charge in [0.05, 0.1) is 0 Å². The highest BCUT2D eigenvalue weighted by molar-refractivity contribution is 5.79. The van der Waals surface area contributed by atoms with E-state index in [9.17, 15) is 14.0 Å². The second-order valence-corrected chi connectivity index (χ2v) is 4.33. The maximum absolute atomic E-state index is 12.7. The first-order valence-corrected chi connectivity index (χ1v) is 6.14. The monoisotopic (exact) mass is 275 g/mol. The third kappa shape index (κ3) is 3.28. The van der Waals surface area contributed by atoms with Crippen molar-refractivity contribution < 1.29 is 9.18 Å². The third-order valence-electron chi connectivity index (χ3n) is 2.87. The molecule has 2 rings (SSSR count). The predicted molar refractivity (Wildman–Crippen MR) is 71.5 cm³/mol. The Labute approximate surface area is 115 Å². The number of nitrogens with zero attached hydrogens (tertiary/aromatic N) is 2. The zero-order chi connectivity index (χ0) is 14.5. The zero-order valence-electron chi connectivity index (χ0n) is 10.9. The molecule has 1 aromatic heterocycles. The summed E-state index contributed by atoms with van der Waals surface area (Å²) >= 11 is 0. The van der Waals surface area contributed by atoms with Crippen LogP contribution in [0.2, 0.25) is 0 Å². The molecule has 2 aromatic rings. The van der Waals surface area contributed by atoms with Gasteiger partial charge in [-0.25, -0.2) is 9.07 Å². The standard InChI is InChI=1S/C14H14FN3O2/c1-10(18-13(19)3-2-8-17-18)14(20)16-9-11-4-6-12(15)7-5-11/h2-8,10H,9H2,1H3,(H,16,20). The fraction of sp³-hybridized carbons (Fsp3) is 0.214. The number of rotatable bonds is 4. The van der Waals surface area contributed by atoms with Crippen LogP contribution in [0.3, 0.4) is 0 Å². The van der Waals surface area contributed by atoms with E-state index >= 15 is 0 Å². The Bertz CT molecular complexity index is 652. The molecule has 0 aliphatic heterocycles. The highest BCUT2D eigenvalue weighted by atomic mass is 19.1. The van der Waals surface area contributed by atoms with Crippen molar-refractivity contribution in [1.82, 2.24) is 15.1 Å². The number of benzene rings is 1. The largest absolute Gasteiger partial charge is 0.350 e. The summed E-state index contributed by atoms with van der Waals surface area (Å²) in [7, 11) is 0. The van der Waals surface area contributed by atoms with Crippen molar-refractivity contribution in [2.75, 3.05) is 0 Å². The Morgan fingerprint density at radius 2 is 2.05 bits per heavy atom. The van der Waals surface area contributed by atoms with E-state index in [-0.39, 0.29) is 23.8 Å². The maximum Gasteiger partial charge on any atom is 0.267 e. The molecule has 20 heavy (non-hydrogen) atoms. The maximum atomic E-state index is 12.7. The van der Waals surface area contributed by atoms with E-state index < -0.39 is 6.04 Å². The molecule has 1 N–H and O–H groups in total. The molecular weight excluding hydrogens is 261 g/mol. The molecule has 0 aliphatic carbocycles. The van der Waals surface area contributed by atoms with E-state index in [0.717, 1.165) is 10.2 Å². The number of carbonyl (C=O) groups excluding carboxylic acids is 1. The molecule has 1 amide bonds. The Balaban J connectivity index is 2.00. The molecule has 5 nitrogen and oxygen atoms in total. The number of nitrogens with one attached hydrogen (secondary N) is 1. The fourth-order valence-electron chi connectivity index (χ4n) is 1.71. The van der Waals surface area contributed by atoms with Gasteiger partial charge in [0.2, 0.25) is 5.91 Å². The van der Waals surface area contributed by atoms with Crippen molar-refractivity contribution in [3.05, 3.63) is 64.3 Å². The lowest BCUT2D eigenvalue weighted by molar-refractivity contribution is -0.124. The van der Waals surface area contributed by atoms with Gasteiger partial charge < -0.3 is 5.32 Å². The SMILES string of the molecule is CC(C(=O)NCc1ccc(F)cc1)n1ncccc1=O. The van der Waals surface area contributed by atoms with Gasteiger partial charge in [-0.15, -0.1) is 0 Å². The molecular formula is C14H14FN3O2. The highest BCUT2D eigenvalue weighted by Gasteiger charge is 2.16. The average molecular weight is 275 g/mol. The lowest BCUT2D eigenvalue weighted by Gasteiger charge is -2.13. The number of carbonyl (C=O) groups is 1. The summed E-state index contributed by atoms with van der Waals surface area (Å²) in [6.45, 7) is 1.86. The Hall–Kier alpha value is -2.50. The van der Waals surface area contributed by atoms with Gasteiger partial charge in [-0.05, 0) is 30.7 Å². The number of halogens is 1. The zero-order valence-corrected chi connectivity index (χ0v) is 10.9. The molecule has 1 atom stereocenters. The van der Waals surface area contributed by atoms with Crippen molar-refractivity contribution in [2.24, 2.45) is 0 Å². The van der Waals surface area contributed by atoms with Crippen LogP contribution in [0.4, 0.5) is 4.39 Å². The minimum atomic E-state index is -0.704. The van der Waals surface area contributed by atoms with Crippen LogP contribution in [0.1, 0.15) is 18.5 Å². The first-order valence-electron chi connectivity index (χ1n) is 6.14. The van der Waals surface area contributed by atoms with E-state index in [1.165, 1.54) is 30.5 Å². The van der Waals surface area contributed by atoms with Gasteiger partial charge in [0.1, 0.15) is 11.9 Å². The molecule has 1 unspecified atom stereocenters. The van der Waals surface area contributed by atoms with E-state index in [0.29, 0.717) is 0 Å². The molecule has 0 aliphatic rings. The van der Waals surface area contributed by atoms with E-state index in [2.05, 4.69) is 10.4 Å². The quantitative estimate of drug-likeness (QED) is 0.913. The smallest absolute Gasteiger partial charge is 0.267 e. The minimum Gasteiger partial charge on any atom is -0.350 e. The van der Waals surface area contributed by atoms with E-state index in [1.807, 2.05) is 0 Å². The molecule has 0 bridgehead atoms. The molecule has 1 heterocycles. The second-order valence-electron chi connectivity index (χ2n) is 4.33. The van der Waals surface area contributed by atoms with Gasteiger partial charge in [-0.3, -0.25) is 9.59 Å². The lowest BCUT2D eigenvalue weighted by Crippen LogP contribution is -2.36. The number of amides is 1. The first kappa shape index (κ1) is 13.9. The number of hydrogen-bond acceptors (Lipinski definition) is 3. The lowest BCUT2D eigenvalue weighted by atomic mass is 10.2. The van der Waals surface area contributed by atoms with Gasteiger partial charge in [-0.1, -0.05) is 12.1 Å². The third-order valence-corrected chi connectivity index (χ3v) is 2.87. The van der Waals surface area contributed by atoms with Crippen molar-refractivity contribution in [1.29, 1.82) is 0 Å². The van der Waals surface area contributed by atoms with Crippen LogP contribution in [-0.2, 0) is 11.3 Å². The molecule has 104 valence electrons. The molecule has 6 heteroatoms. The van der Waals surface area contributed by atoms with Crippen LogP contribution in [0.25, 0.3) is 0 Å². The minimum absolute atomic E-state index is 0.269. The average Bonchev–Trinajstić information content (AvgIpc) is 2.46. The summed E-state index contributed by atoms with van der Waals surface area (Å²) in [5, 5.41) is 6.54. The predicted octanol–water partition coefficient (Wildman–Crippen LogP) is 1.26. The van der Waals surface area contributed by atoms with Gasteiger partial charge in [0, 0.05) is 18.8 Å². The van der Waals surface area contributed by atoms with Crippen LogP contribution in [0, 0.1) is 5.82 Å². The topological polar surface area (TPSA) is 64.0 Å². The molecule has 0 saturated carbocycles. The van der Waals surface area contributed by atoms with Crippen LogP contribution < -0.4 is 10.9 Å². The van der Waals surface area contributed by atoms with Crippen LogP contribution in [0.15, 0.2) is 47.4 Å². The molecule has 0 spiro atoms. The summed E-state index contributed by atoms with van der Waals surface area (Å²) in [6.07, 6.45) is 1.45. The fourth-order valence-corrected chi connectivity index (χ4v) is 1.71. The first-order chi connectivity index (χ1) is 9.58. The Morgan fingerprint density at radius 1 is 1.35 bits per heavy atom. The Kier molecular flexibility index (Phi) is 4.24. The summed E-state index contributed by atoms with van der Waals surface area (Å²) in [5.41, 5.74) is 0.442. The summed E-state index contributed by atoms with van der Waals surface area (Å²) in [5.74, 6) is -0.649. The normalized spacial score (nSPS) is 11.9. The number of aromatic nitrogens is 2. The van der Waals surface area contributed by atoms with Crippen LogP contribution in [-0.4, -0.2) is 15.7 Å². The van der Waals surface area contributed by atoms with Crippen molar-refractivity contribution in [3.8, 4) is 0 Å². The molecule has 1 aromatic carbocycles. The number of hydrogen-bond donors (Lipinski definition) is 1. The van der Waals surface area contributed by atoms with Gasteiger partial charge >= 0.3 is 0 Å².